The number of nitrogens with zero attached hydrogens (tertiary/aromatic N) is 5. The van der Waals surface area contributed by atoms with E-state index in [0.717, 1.165) is 36.3 Å². The van der Waals surface area contributed by atoms with E-state index in [1.54, 1.807) is 11.8 Å². The molecule has 1 atom stereocenters. The molecule has 0 aromatic carbocycles. The molecule has 0 radical (unpaired) electrons. The number of hydrogen-bond acceptors (Lipinski definition) is 6. The molecule has 1 fully saturated rings. The summed E-state index contributed by atoms with van der Waals surface area (Å²) in [7, 11) is 3.86. The average Bonchev–Trinajstić information content (AvgIpc) is 2.70. The molecule has 1 aromatic heterocycles. The highest BCUT2D eigenvalue weighted by molar-refractivity contribution is 5.84. The van der Waals surface area contributed by atoms with Crippen molar-refractivity contribution < 1.29 is 14.4 Å². The number of aromatic nitrogens is 2. The maximum Gasteiger partial charge on any atom is 0.242 e. The van der Waals surface area contributed by atoms with E-state index in [0.29, 0.717) is 31.9 Å². The molecule has 9 heteroatoms. The van der Waals surface area contributed by atoms with Crippen molar-refractivity contribution in [2.45, 2.75) is 52.1 Å². The lowest BCUT2D eigenvalue weighted by molar-refractivity contribution is -0.136. The third-order valence-corrected chi connectivity index (χ3v) is 5.53. The van der Waals surface area contributed by atoms with Crippen LogP contribution in [0, 0.1) is 0 Å². The molecule has 3 rings (SSSR count). The number of nitrogens with one attached hydrogen (secondary N) is 1. The molecule has 29 heavy (non-hydrogen) atoms. The van der Waals surface area contributed by atoms with Gasteiger partial charge in [0, 0.05) is 53.0 Å². The molecule has 158 valence electrons. The van der Waals surface area contributed by atoms with Gasteiger partial charge in [-0.25, -0.2) is 9.97 Å². The molecule has 0 spiro atoms. The number of piperidine rings is 1. The second kappa shape index (κ2) is 8.75. The van der Waals surface area contributed by atoms with Gasteiger partial charge < -0.3 is 20.0 Å². The molecule has 1 N–H and O–H groups in total. The summed E-state index contributed by atoms with van der Waals surface area (Å²) in [6.45, 7) is 4.76. The van der Waals surface area contributed by atoms with Crippen molar-refractivity contribution in [3.8, 4) is 0 Å². The van der Waals surface area contributed by atoms with E-state index in [4.69, 9.17) is 9.97 Å². The van der Waals surface area contributed by atoms with Gasteiger partial charge in [-0.1, -0.05) is 0 Å². The van der Waals surface area contributed by atoms with E-state index in [1.165, 1.54) is 6.92 Å². The van der Waals surface area contributed by atoms with E-state index in [9.17, 15) is 14.4 Å². The minimum atomic E-state index is -0.221. The second-order valence-electron chi connectivity index (χ2n) is 7.92. The Bertz CT molecular complexity index is 810. The molecule has 1 saturated heterocycles. The molecule has 3 heterocycles. The van der Waals surface area contributed by atoms with Crippen LogP contribution in [0.2, 0.25) is 0 Å². The van der Waals surface area contributed by atoms with Crippen LogP contribution in [0.4, 0.5) is 5.82 Å². The van der Waals surface area contributed by atoms with E-state index in [2.05, 4.69) is 5.32 Å². The molecule has 2 aliphatic heterocycles. The van der Waals surface area contributed by atoms with Gasteiger partial charge >= 0.3 is 0 Å². The predicted octanol–water partition coefficient (Wildman–Crippen LogP) is 0.637. The van der Waals surface area contributed by atoms with Crippen LogP contribution in [-0.2, 0) is 27.3 Å². The number of anilines is 1. The Morgan fingerprint density at radius 3 is 2.55 bits per heavy atom. The van der Waals surface area contributed by atoms with Gasteiger partial charge in [0.2, 0.25) is 17.7 Å². The lowest BCUT2D eigenvalue weighted by Crippen LogP contribution is -2.44. The molecule has 0 saturated carbocycles. The van der Waals surface area contributed by atoms with Crippen LogP contribution in [0.15, 0.2) is 0 Å². The minimum absolute atomic E-state index is 0.00904. The van der Waals surface area contributed by atoms with Crippen molar-refractivity contribution in [1.29, 1.82) is 0 Å². The summed E-state index contributed by atoms with van der Waals surface area (Å²) in [6.07, 6.45) is 3.42. The summed E-state index contributed by atoms with van der Waals surface area (Å²) in [4.78, 5) is 51.0. The molecule has 9 nitrogen and oxygen atoms in total. The van der Waals surface area contributed by atoms with Crippen LogP contribution in [0.5, 0.6) is 0 Å². The van der Waals surface area contributed by atoms with Gasteiger partial charge in [-0.2, -0.15) is 0 Å². The van der Waals surface area contributed by atoms with Crippen molar-refractivity contribution in [2.75, 3.05) is 38.6 Å². The Kier molecular flexibility index (Phi) is 6.34. The molecule has 1 unspecified atom stereocenters. The Balaban J connectivity index is 1.92. The Morgan fingerprint density at radius 2 is 1.90 bits per heavy atom. The highest BCUT2D eigenvalue weighted by Gasteiger charge is 2.32. The van der Waals surface area contributed by atoms with Gasteiger partial charge in [0.25, 0.3) is 0 Å². The zero-order valence-corrected chi connectivity index (χ0v) is 17.7. The lowest BCUT2D eigenvalue weighted by Gasteiger charge is -2.36. The van der Waals surface area contributed by atoms with Gasteiger partial charge in [0.05, 0.1) is 24.8 Å². The van der Waals surface area contributed by atoms with Crippen molar-refractivity contribution in [3.05, 3.63) is 17.1 Å². The van der Waals surface area contributed by atoms with Crippen LogP contribution in [0.1, 0.15) is 56.2 Å². The first kappa shape index (κ1) is 21.0. The number of fused-ring (bicyclic) bond motifs is 1. The molecule has 3 amide bonds. The normalized spacial score (nSPS) is 18.8. The molecular weight excluding hydrogens is 372 g/mol. The third kappa shape index (κ3) is 4.65. The van der Waals surface area contributed by atoms with E-state index in [1.807, 2.05) is 23.9 Å². The summed E-state index contributed by atoms with van der Waals surface area (Å²) < 4.78 is 0. The van der Waals surface area contributed by atoms with E-state index in [-0.39, 0.29) is 30.3 Å². The first-order chi connectivity index (χ1) is 13.8. The molecule has 1 aromatic rings. The zero-order valence-electron chi connectivity index (χ0n) is 17.7. The second-order valence-corrected chi connectivity index (χ2v) is 7.92. The number of amides is 3. The van der Waals surface area contributed by atoms with Gasteiger partial charge in [-0.05, 0) is 19.3 Å². The Morgan fingerprint density at radius 1 is 1.14 bits per heavy atom. The lowest BCUT2D eigenvalue weighted by atomic mass is 9.99. The van der Waals surface area contributed by atoms with Crippen molar-refractivity contribution >= 4 is 23.5 Å². The van der Waals surface area contributed by atoms with Gasteiger partial charge in [-0.3, -0.25) is 14.4 Å². The zero-order chi connectivity index (χ0) is 21.1. The first-order valence-electron chi connectivity index (χ1n) is 10.1. The van der Waals surface area contributed by atoms with Crippen molar-refractivity contribution in [1.82, 2.24) is 25.1 Å². The van der Waals surface area contributed by atoms with Gasteiger partial charge in [0.15, 0.2) is 5.82 Å². The highest BCUT2D eigenvalue weighted by atomic mass is 16.2. The summed E-state index contributed by atoms with van der Waals surface area (Å²) in [5, 5.41) is 2.59. The predicted molar refractivity (Wildman–Crippen MR) is 108 cm³/mol. The van der Waals surface area contributed by atoms with Crippen LogP contribution < -0.4 is 10.2 Å². The van der Waals surface area contributed by atoms with Gasteiger partial charge in [0.1, 0.15) is 5.82 Å². The maximum absolute atomic E-state index is 12.7. The SMILES string of the molecule is CC(=O)NCC(=O)N1CCCCC1c1nc2c(c(N(C)C)n1)CN(C(C)=O)CC2. The molecule has 0 bridgehead atoms. The largest absolute Gasteiger partial charge is 0.362 e. The van der Waals surface area contributed by atoms with Crippen LogP contribution >= 0.6 is 0 Å². The van der Waals surface area contributed by atoms with Gasteiger partial charge in [-0.15, -0.1) is 0 Å². The number of likely N-dealkylation sites (tertiary alicyclic amines) is 1. The summed E-state index contributed by atoms with van der Waals surface area (Å²) in [6, 6.07) is -0.195. The summed E-state index contributed by atoms with van der Waals surface area (Å²) in [5.74, 6) is 1.17. The monoisotopic (exact) mass is 402 g/mol. The fourth-order valence-electron chi connectivity index (χ4n) is 4.00. The maximum atomic E-state index is 12.7. The smallest absolute Gasteiger partial charge is 0.242 e. The summed E-state index contributed by atoms with van der Waals surface area (Å²) in [5.41, 5.74) is 1.93. The van der Waals surface area contributed by atoms with Crippen molar-refractivity contribution in [3.63, 3.8) is 0 Å². The molecule has 2 aliphatic rings. The van der Waals surface area contributed by atoms with Crippen LogP contribution in [0.25, 0.3) is 0 Å². The quantitative estimate of drug-likeness (QED) is 0.793. The number of carbonyl (C=O) groups is 3. The number of hydrogen-bond donors (Lipinski definition) is 1. The Hall–Kier alpha value is -2.71. The average molecular weight is 402 g/mol. The van der Waals surface area contributed by atoms with E-state index < -0.39 is 0 Å². The van der Waals surface area contributed by atoms with Crippen molar-refractivity contribution in [2.24, 2.45) is 0 Å². The van der Waals surface area contributed by atoms with E-state index >= 15 is 0 Å². The fraction of sp³-hybridized carbons (Fsp3) is 0.650. The number of carbonyl (C=O) groups excluding carboxylic acids is 3. The standard InChI is InChI=1S/C20H30N6O3/c1-13(27)21-11-18(29)26-9-6-5-7-17(26)19-22-16-8-10-25(14(2)28)12-15(16)20(23-19)24(3)4/h17H,5-12H2,1-4H3,(H,21,27). The minimum Gasteiger partial charge on any atom is -0.362 e. The van der Waals surface area contributed by atoms with Crippen LogP contribution in [-0.4, -0.2) is 71.2 Å². The fourth-order valence-corrected chi connectivity index (χ4v) is 4.00. The first-order valence-corrected chi connectivity index (χ1v) is 10.1. The number of rotatable bonds is 4. The highest BCUT2D eigenvalue weighted by Crippen LogP contribution is 2.33. The Labute approximate surface area is 171 Å². The third-order valence-electron chi connectivity index (χ3n) is 5.53. The molecular formula is C20H30N6O3. The molecule has 0 aliphatic carbocycles. The van der Waals surface area contributed by atoms with Crippen LogP contribution in [0.3, 0.4) is 0 Å². The summed E-state index contributed by atoms with van der Waals surface area (Å²) >= 11 is 0. The topological polar surface area (TPSA) is 98.7 Å².